The van der Waals surface area contributed by atoms with Gasteiger partial charge in [0.05, 0.1) is 10.7 Å². The van der Waals surface area contributed by atoms with Crippen LogP contribution in [0.3, 0.4) is 0 Å². The van der Waals surface area contributed by atoms with Crippen LogP contribution in [0.15, 0.2) is 18.2 Å². The van der Waals surface area contributed by atoms with E-state index in [1.165, 1.54) is 4.90 Å². The molecule has 1 aromatic rings. The highest BCUT2D eigenvalue weighted by Gasteiger charge is 2.46. The molecule has 0 spiro atoms. The molecule has 2 amide bonds. The second kappa shape index (κ2) is 5.32. The van der Waals surface area contributed by atoms with Crippen molar-refractivity contribution in [1.82, 2.24) is 4.90 Å². The molecule has 0 bridgehead atoms. The number of rotatable bonds is 2. The molecule has 1 saturated heterocycles. The molecule has 0 radical (unpaired) electrons. The highest BCUT2D eigenvalue weighted by molar-refractivity contribution is 6.33. The van der Waals surface area contributed by atoms with Gasteiger partial charge in [0.2, 0.25) is 0 Å². The lowest BCUT2D eigenvalue weighted by Gasteiger charge is -2.31. The Bertz CT molecular complexity index is 561. The number of carbonyl (C=O) groups excluding carboxylic acids is 1. The number of aliphatic carboxylic acids is 1. The van der Waals surface area contributed by atoms with Gasteiger partial charge in [0, 0.05) is 6.54 Å². The molecule has 1 aliphatic rings. The van der Waals surface area contributed by atoms with Gasteiger partial charge < -0.3 is 15.3 Å². The number of carboxylic acids is 1. The number of likely N-dealkylation sites (tertiary alicyclic amines) is 1. The first kappa shape index (κ1) is 14.7. The summed E-state index contributed by atoms with van der Waals surface area (Å²) in [5.41, 5.74) is 0.309. The summed E-state index contributed by atoms with van der Waals surface area (Å²) in [6.07, 6.45) is 1.13. The maximum atomic E-state index is 12.3. The minimum absolute atomic E-state index is 0.429. The van der Waals surface area contributed by atoms with Crippen LogP contribution in [0.25, 0.3) is 0 Å². The minimum atomic E-state index is -1.15. The smallest absolute Gasteiger partial charge is 0.329 e. The Morgan fingerprint density at radius 3 is 2.80 bits per heavy atom. The van der Waals surface area contributed by atoms with Crippen LogP contribution in [0.4, 0.5) is 10.5 Å². The SMILES string of the molecule is Cc1ccc(Cl)c(NC(=O)N2CCCC2(C)C(=O)O)c1. The highest BCUT2D eigenvalue weighted by atomic mass is 35.5. The van der Waals surface area contributed by atoms with Crippen molar-refractivity contribution >= 4 is 29.3 Å². The van der Waals surface area contributed by atoms with Crippen molar-refractivity contribution in [1.29, 1.82) is 0 Å². The van der Waals surface area contributed by atoms with E-state index in [0.29, 0.717) is 30.1 Å². The Balaban J connectivity index is 2.20. The average Bonchev–Trinajstić information content (AvgIpc) is 2.77. The number of carboxylic acid groups (broad SMARTS) is 1. The molecule has 0 aromatic heterocycles. The summed E-state index contributed by atoms with van der Waals surface area (Å²) in [7, 11) is 0. The van der Waals surface area contributed by atoms with Crippen molar-refractivity contribution in [2.75, 3.05) is 11.9 Å². The van der Waals surface area contributed by atoms with Crippen LogP contribution in [0, 0.1) is 6.92 Å². The van der Waals surface area contributed by atoms with E-state index in [2.05, 4.69) is 5.32 Å². The van der Waals surface area contributed by atoms with E-state index in [-0.39, 0.29) is 0 Å². The summed E-state index contributed by atoms with van der Waals surface area (Å²) >= 11 is 6.03. The van der Waals surface area contributed by atoms with Gasteiger partial charge in [0.25, 0.3) is 0 Å². The second-order valence-electron chi connectivity index (χ2n) is 5.25. The molecular formula is C14H17ClN2O3. The third-order valence-corrected chi connectivity index (χ3v) is 4.04. The van der Waals surface area contributed by atoms with E-state index >= 15 is 0 Å². The topological polar surface area (TPSA) is 69.6 Å². The number of aryl methyl sites for hydroxylation is 1. The lowest BCUT2D eigenvalue weighted by molar-refractivity contribution is -0.146. The van der Waals surface area contributed by atoms with E-state index in [9.17, 15) is 14.7 Å². The van der Waals surface area contributed by atoms with Gasteiger partial charge in [-0.25, -0.2) is 9.59 Å². The van der Waals surface area contributed by atoms with Gasteiger partial charge in [-0.3, -0.25) is 0 Å². The first-order valence-electron chi connectivity index (χ1n) is 6.43. The van der Waals surface area contributed by atoms with Gasteiger partial charge in [-0.15, -0.1) is 0 Å². The van der Waals surface area contributed by atoms with Gasteiger partial charge >= 0.3 is 12.0 Å². The van der Waals surface area contributed by atoms with Gasteiger partial charge in [0.1, 0.15) is 5.54 Å². The predicted molar refractivity (Wildman–Crippen MR) is 77.2 cm³/mol. The third-order valence-electron chi connectivity index (χ3n) is 3.71. The number of carbonyl (C=O) groups is 2. The maximum Gasteiger partial charge on any atom is 0.329 e. The molecule has 0 saturated carbocycles. The van der Waals surface area contributed by atoms with Crippen molar-refractivity contribution in [2.45, 2.75) is 32.2 Å². The fraction of sp³-hybridized carbons (Fsp3) is 0.429. The van der Waals surface area contributed by atoms with Gasteiger partial charge in [-0.05, 0) is 44.4 Å². The Hall–Kier alpha value is -1.75. The molecule has 1 unspecified atom stereocenters. The summed E-state index contributed by atoms with van der Waals surface area (Å²) in [5.74, 6) is -0.986. The minimum Gasteiger partial charge on any atom is -0.480 e. The normalized spacial score (nSPS) is 21.9. The van der Waals surface area contributed by atoms with Crippen molar-refractivity contribution < 1.29 is 14.7 Å². The van der Waals surface area contributed by atoms with Crippen LogP contribution in [-0.2, 0) is 4.79 Å². The Kier molecular flexibility index (Phi) is 3.90. The zero-order valence-electron chi connectivity index (χ0n) is 11.4. The molecule has 2 rings (SSSR count). The zero-order chi connectivity index (χ0) is 14.9. The number of urea groups is 1. The van der Waals surface area contributed by atoms with Crippen molar-refractivity contribution in [3.8, 4) is 0 Å². The lowest BCUT2D eigenvalue weighted by atomic mass is 10.00. The van der Waals surface area contributed by atoms with Crippen molar-refractivity contribution in [2.24, 2.45) is 0 Å². The Morgan fingerprint density at radius 1 is 1.45 bits per heavy atom. The molecule has 1 heterocycles. The van der Waals surface area contributed by atoms with E-state index < -0.39 is 17.5 Å². The predicted octanol–water partition coefficient (Wildman–Crippen LogP) is 3.12. The Labute approximate surface area is 122 Å². The molecule has 1 fully saturated rings. The number of amides is 2. The number of nitrogens with zero attached hydrogens (tertiary/aromatic N) is 1. The summed E-state index contributed by atoms with van der Waals surface area (Å²) in [6, 6.07) is 4.87. The monoisotopic (exact) mass is 296 g/mol. The number of nitrogens with one attached hydrogen (secondary N) is 1. The van der Waals surface area contributed by atoms with Crippen LogP contribution < -0.4 is 5.32 Å². The standard InChI is InChI=1S/C14H17ClN2O3/c1-9-4-5-10(15)11(8-9)16-13(20)17-7-3-6-14(17,2)12(18)19/h4-5,8H,3,6-7H2,1-2H3,(H,16,20)(H,18,19). The summed E-state index contributed by atoms with van der Waals surface area (Å²) < 4.78 is 0. The molecule has 20 heavy (non-hydrogen) atoms. The van der Waals surface area contributed by atoms with Crippen LogP contribution in [0.1, 0.15) is 25.3 Å². The molecule has 2 N–H and O–H groups in total. The fourth-order valence-corrected chi connectivity index (χ4v) is 2.59. The van der Waals surface area contributed by atoms with E-state index in [1.54, 1.807) is 19.1 Å². The van der Waals surface area contributed by atoms with E-state index in [0.717, 1.165) is 5.56 Å². The number of hydrogen-bond donors (Lipinski definition) is 2. The molecule has 1 aliphatic heterocycles. The molecular weight excluding hydrogens is 280 g/mol. The number of halogens is 1. The largest absolute Gasteiger partial charge is 0.480 e. The number of benzene rings is 1. The second-order valence-corrected chi connectivity index (χ2v) is 5.65. The van der Waals surface area contributed by atoms with Gasteiger partial charge in [0.15, 0.2) is 0 Å². The van der Waals surface area contributed by atoms with Crippen LogP contribution >= 0.6 is 11.6 Å². The number of anilines is 1. The first-order valence-corrected chi connectivity index (χ1v) is 6.80. The van der Waals surface area contributed by atoms with E-state index in [4.69, 9.17) is 11.6 Å². The average molecular weight is 297 g/mol. The van der Waals surface area contributed by atoms with Gasteiger partial charge in [-0.1, -0.05) is 17.7 Å². The quantitative estimate of drug-likeness (QED) is 0.881. The molecule has 108 valence electrons. The van der Waals surface area contributed by atoms with Crippen LogP contribution in [0.5, 0.6) is 0 Å². The van der Waals surface area contributed by atoms with Crippen molar-refractivity contribution in [3.05, 3.63) is 28.8 Å². The van der Waals surface area contributed by atoms with Crippen LogP contribution in [-0.4, -0.2) is 34.1 Å². The van der Waals surface area contributed by atoms with E-state index in [1.807, 2.05) is 13.0 Å². The summed E-state index contributed by atoms with van der Waals surface area (Å²) in [6.45, 7) is 3.89. The summed E-state index contributed by atoms with van der Waals surface area (Å²) in [5, 5.41) is 12.4. The number of hydrogen-bond acceptors (Lipinski definition) is 2. The summed E-state index contributed by atoms with van der Waals surface area (Å²) in [4.78, 5) is 25.0. The third kappa shape index (κ3) is 2.58. The van der Waals surface area contributed by atoms with Crippen LogP contribution in [0.2, 0.25) is 5.02 Å². The fourth-order valence-electron chi connectivity index (χ4n) is 2.43. The van der Waals surface area contributed by atoms with Crippen molar-refractivity contribution in [3.63, 3.8) is 0 Å². The molecule has 0 aliphatic carbocycles. The zero-order valence-corrected chi connectivity index (χ0v) is 12.2. The first-order chi connectivity index (χ1) is 9.34. The molecule has 6 heteroatoms. The molecule has 1 atom stereocenters. The highest BCUT2D eigenvalue weighted by Crippen LogP contribution is 2.31. The Morgan fingerprint density at radius 2 is 2.15 bits per heavy atom. The maximum absolute atomic E-state index is 12.3. The molecule has 5 nitrogen and oxygen atoms in total. The lowest BCUT2D eigenvalue weighted by Crippen LogP contribution is -2.52. The molecule has 1 aromatic carbocycles. The van der Waals surface area contributed by atoms with Gasteiger partial charge in [-0.2, -0.15) is 0 Å².